The van der Waals surface area contributed by atoms with Crippen LogP contribution in [0.1, 0.15) is 27.5 Å². The quantitative estimate of drug-likeness (QED) is 0.423. The molecule has 0 spiro atoms. The second-order valence-corrected chi connectivity index (χ2v) is 6.88. The summed E-state index contributed by atoms with van der Waals surface area (Å²) >= 11 is 5.78. The predicted octanol–water partition coefficient (Wildman–Crippen LogP) is 3.81. The van der Waals surface area contributed by atoms with Crippen LogP contribution in [0.15, 0.2) is 66.9 Å². The first kappa shape index (κ1) is 22.1. The van der Waals surface area contributed by atoms with Gasteiger partial charge in [-0.2, -0.15) is 0 Å². The molecule has 3 rings (SSSR count). The zero-order valence-electron chi connectivity index (χ0n) is 17.0. The fourth-order valence-electron chi connectivity index (χ4n) is 2.90. The number of esters is 1. The summed E-state index contributed by atoms with van der Waals surface area (Å²) in [7, 11) is 3.17. The first-order chi connectivity index (χ1) is 15.0. The van der Waals surface area contributed by atoms with Crippen LogP contribution in [0.5, 0.6) is 11.5 Å². The van der Waals surface area contributed by atoms with Gasteiger partial charge in [0.1, 0.15) is 16.7 Å². The minimum Gasteiger partial charge on any atom is -0.497 e. The molecule has 3 aromatic rings. The number of benzene rings is 2. The number of halogens is 1. The van der Waals surface area contributed by atoms with Gasteiger partial charge in [-0.1, -0.05) is 35.9 Å². The number of pyridine rings is 1. The summed E-state index contributed by atoms with van der Waals surface area (Å²) in [6.45, 7) is -0.443. The Labute approximate surface area is 184 Å². The number of amides is 1. The van der Waals surface area contributed by atoms with E-state index in [0.29, 0.717) is 11.5 Å². The maximum absolute atomic E-state index is 12.6. The highest BCUT2D eigenvalue weighted by Crippen LogP contribution is 2.26. The molecule has 2 aromatic carbocycles. The van der Waals surface area contributed by atoms with Crippen LogP contribution in [-0.2, 0) is 9.53 Å². The van der Waals surface area contributed by atoms with Gasteiger partial charge in [0.15, 0.2) is 6.61 Å². The molecule has 0 radical (unpaired) electrons. The van der Waals surface area contributed by atoms with E-state index >= 15 is 0 Å². The molecule has 8 heteroatoms. The van der Waals surface area contributed by atoms with Crippen molar-refractivity contribution >= 4 is 23.5 Å². The van der Waals surface area contributed by atoms with Crippen LogP contribution in [0, 0.1) is 0 Å². The van der Waals surface area contributed by atoms with Crippen molar-refractivity contribution in [2.75, 3.05) is 20.8 Å². The summed E-state index contributed by atoms with van der Waals surface area (Å²) < 4.78 is 15.5. The lowest BCUT2D eigenvalue weighted by Gasteiger charge is -2.20. The molecule has 1 aromatic heterocycles. The standard InChI is InChI=1S/C23H21ClN2O5/c1-29-18-7-3-15(4-8-18)22(16-5-9-19(30-2)10-6-16)26-21(27)14-31-23(28)17-11-12-25-20(24)13-17/h3-13,22H,14H2,1-2H3,(H,26,27). The van der Waals surface area contributed by atoms with Gasteiger partial charge in [0, 0.05) is 6.20 Å². The van der Waals surface area contributed by atoms with Crippen LogP contribution in [0.4, 0.5) is 0 Å². The average Bonchev–Trinajstić information content (AvgIpc) is 2.81. The number of hydrogen-bond donors (Lipinski definition) is 1. The first-order valence-electron chi connectivity index (χ1n) is 9.36. The molecule has 0 unspecified atom stereocenters. The highest BCUT2D eigenvalue weighted by atomic mass is 35.5. The van der Waals surface area contributed by atoms with Gasteiger partial charge in [0.25, 0.3) is 5.91 Å². The fourth-order valence-corrected chi connectivity index (χ4v) is 3.07. The Morgan fingerprint density at radius 2 is 1.48 bits per heavy atom. The van der Waals surface area contributed by atoms with Crippen LogP contribution in [-0.4, -0.2) is 37.7 Å². The number of aromatic nitrogens is 1. The van der Waals surface area contributed by atoms with Crippen LogP contribution in [0.25, 0.3) is 0 Å². The number of nitrogens with one attached hydrogen (secondary N) is 1. The van der Waals surface area contributed by atoms with Crippen LogP contribution in [0.2, 0.25) is 5.15 Å². The molecule has 160 valence electrons. The topological polar surface area (TPSA) is 86.8 Å². The number of nitrogens with zero attached hydrogens (tertiary/aromatic N) is 1. The largest absolute Gasteiger partial charge is 0.497 e. The van der Waals surface area contributed by atoms with Gasteiger partial charge in [-0.15, -0.1) is 0 Å². The lowest BCUT2D eigenvalue weighted by atomic mass is 9.98. The van der Waals surface area contributed by atoms with Gasteiger partial charge in [-0.3, -0.25) is 4.79 Å². The van der Waals surface area contributed by atoms with Crippen molar-refractivity contribution in [3.05, 3.63) is 88.7 Å². The molecule has 1 heterocycles. The molecule has 0 atom stereocenters. The highest BCUT2D eigenvalue weighted by molar-refractivity contribution is 6.29. The lowest BCUT2D eigenvalue weighted by Crippen LogP contribution is -2.33. The van der Waals surface area contributed by atoms with E-state index < -0.39 is 24.5 Å². The van der Waals surface area contributed by atoms with E-state index in [1.807, 2.05) is 48.5 Å². The Balaban J connectivity index is 1.73. The smallest absolute Gasteiger partial charge is 0.338 e. The number of methoxy groups -OCH3 is 2. The van der Waals surface area contributed by atoms with E-state index in [2.05, 4.69) is 10.3 Å². The van der Waals surface area contributed by atoms with Gasteiger partial charge in [0.2, 0.25) is 0 Å². The summed E-state index contributed by atoms with van der Waals surface area (Å²) in [4.78, 5) is 28.5. The molecule has 31 heavy (non-hydrogen) atoms. The van der Waals surface area contributed by atoms with Gasteiger partial charge in [-0.25, -0.2) is 9.78 Å². The summed E-state index contributed by atoms with van der Waals surface area (Å²) in [5.41, 5.74) is 1.90. The summed E-state index contributed by atoms with van der Waals surface area (Å²) in [5, 5.41) is 3.07. The van der Waals surface area contributed by atoms with Crippen LogP contribution in [0.3, 0.4) is 0 Å². The minimum atomic E-state index is -0.662. The first-order valence-corrected chi connectivity index (χ1v) is 9.74. The third-order valence-electron chi connectivity index (χ3n) is 4.50. The number of carbonyl (C=O) groups is 2. The molecule has 0 bridgehead atoms. The number of carbonyl (C=O) groups excluding carboxylic acids is 2. The second kappa shape index (κ2) is 10.4. The van der Waals surface area contributed by atoms with Gasteiger partial charge in [0.05, 0.1) is 25.8 Å². The van der Waals surface area contributed by atoms with Crippen molar-refractivity contribution in [1.82, 2.24) is 10.3 Å². The number of hydrogen-bond acceptors (Lipinski definition) is 6. The van der Waals surface area contributed by atoms with E-state index in [0.717, 1.165) is 11.1 Å². The highest BCUT2D eigenvalue weighted by Gasteiger charge is 2.19. The van der Waals surface area contributed by atoms with Gasteiger partial charge < -0.3 is 19.5 Å². The van der Waals surface area contributed by atoms with E-state index in [1.165, 1.54) is 18.3 Å². The monoisotopic (exact) mass is 440 g/mol. The molecule has 1 N–H and O–H groups in total. The average molecular weight is 441 g/mol. The van der Waals surface area contributed by atoms with E-state index in [-0.39, 0.29) is 10.7 Å². The zero-order chi connectivity index (χ0) is 22.2. The van der Waals surface area contributed by atoms with Crippen molar-refractivity contribution in [3.63, 3.8) is 0 Å². The Morgan fingerprint density at radius 3 is 1.97 bits per heavy atom. The van der Waals surface area contributed by atoms with Gasteiger partial charge >= 0.3 is 5.97 Å². The fraction of sp³-hybridized carbons (Fsp3) is 0.174. The number of rotatable bonds is 8. The van der Waals surface area contributed by atoms with E-state index in [1.54, 1.807) is 14.2 Å². The third-order valence-corrected chi connectivity index (χ3v) is 4.71. The zero-order valence-corrected chi connectivity index (χ0v) is 17.8. The second-order valence-electron chi connectivity index (χ2n) is 6.49. The predicted molar refractivity (Wildman–Crippen MR) is 116 cm³/mol. The maximum Gasteiger partial charge on any atom is 0.338 e. The van der Waals surface area contributed by atoms with Crippen molar-refractivity contribution in [1.29, 1.82) is 0 Å². The van der Waals surface area contributed by atoms with Crippen LogP contribution < -0.4 is 14.8 Å². The van der Waals surface area contributed by atoms with Crippen molar-refractivity contribution in [2.24, 2.45) is 0 Å². The van der Waals surface area contributed by atoms with Crippen molar-refractivity contribution in [3.8, 4) is 11.5 Å². The molecule has 0 aliphatic carbocycles. The van der Waals surface area contributed by atoms with Gasteiger partial charge in [-0.05, 0) is 47.5 Å². The SMILES string of the molecule is COc1ccc(C(NC(=O)COC(=O)c2ccnc(Cl)c2)c2ccc(OC)cc2)cc1. The Bertz CT molecular complexity index is 991. The maximum atomic E-state index is 12.6. The lowest BCUT2D eigenvalue weighted by molar-refractivity contribution is -0.124. The molecule has 0 aliphatic rings. The summed E-state index contributed by atoms with van der Waals surface area (Å²) in [6, 6.07) is 17.1. The molecule has 0 saturated heterocycles. The number of ether oxygens (including phenoxy) is 3. The molecule has 1 amide bonds. The van der Waals surface area contributed by atoms with Crippen molar-refractivity contribution in [2.45, 2.75) is 6.04 Å². The summed E-state index contributed by atoms with van der Waals surface area (Å²) in [6.07, 6.45) is 1.39. The Kier molecular flexibility index (Phi) is 7.45. The molecule has 0 saturated carbocycles. The van der Waals surface area contributed by atoms with E-state index in [9.17, 15) is 9.59 Å². The Hall–Kier alpha value is -3.58. The third kappa shape index (κ3) is 5.96. The normalized spacial score (nSPS) is 10.5. The van der Waals surface area contributed by atoms with Crippen LogP contribution >= 0.6 is 11.6 Å². The molecule has 0 fully saturated rings. The molecule has 0 aliphatic heterocycles. The molecular weight excluding hydrogens is 420 g/mol. The van der Waals surface area contributed by atoms with Crippen molar-refractivity contribution < 1.29 is 23.8 Å². The Morgan fingerprint density at radius 1 is 0.935 bits per heavy atom. The van der Waals surface area contributed by atoms with E-state index in [4.69, 9.17) is 25.8 Å². The minimum absolute atomic E-state index is 0.165. The molecule has 7 nitrogen and oxygen atoms in total. The summed E-state index contributed by atoms with van der Waals surface area (Å²) in [5.74, 6) is 0.289. The molecular formula is C23H21ClN2O5.